The van der Waals surface area contributed by atoms with Crippen LogP contribution >= 0.6 is 0 Å². The van der Waals surface area contributed by atoms with Crippen molar-refractivity contribution in [1.82, 2.24) is 19.5 Å². The van der Waals surface area contributed by atoms with Gasteiger partial charge in [-0.15, -0.1) is 0 Å². The van der Waals surface area contributed by atoms with Crippen LogP contribution < -0.4 is 10.1 Å². The normalized spacial score (nSPS) is 10.9. The van der Waals surface area contributed by atoms with Crippen LogP contribution in [0.3, 0.4) is 0 Å². The maximum absolute atomic E-state index is 13.0. The van der Waals surface area contributed by atoms with Gasteiger partial charge in [-0.1, -0.05) is 12.1 Å². The molecule has 2 heterocycles. The molecule has 2 aromatic carbocycles. The van der Waals surface area contributed by atoms with Crippen LogP contribution in [0.15, 0.2) is 67.1 Å². The first kappa shape index (κ1) is 17.0. The molecule has 0 saturated heterocycles. The number of benzene rings is 2. The Morgan fingerprint density at radius 1 is 1.00 bits per heavy atom. The number of aromatic nitrogens is 4. The van der Waals surface area contributed by atoms with Gasteiger partial charge in [-0.2, -0.15) is 4.98 Å². The van der Waals surface area contributed by atoms with E-state index in [9.17, 15) is 4.39 Å². The molecule has 0 bridgehead atoms. The number of fused-ring (bicyclic) bond motifs is 1. The number of anilines is 1. The number of nitrogens with zero attached hydrogens (tertiary/aromatic N) is 4. The summed E-state index contributed by atoms with van der Waals surface area (Å²) < 4.78 is 20.7. The summed E-state index contributed by atoms with van der Waals surface area (Å²) in [6, 6.07) is 15.5. The summed E-state index contributed by atoms with van der Waals surface area (Å²) in [4.78, 5) is 12.9. The van der Waals surface area contributed by atoms with Crippen molar-refractivity contribution in [1.29, 1.82) is 0 Å². The van der Waals surface area contributed by atoms with E-state index in [0.29, 0.717) is 24.1 Å². The molecule has 0 amide bonds. The molecule has 136 valence electrons. The lowest BCUT2D eigenvalue weighted by atomic mass is 10.3. The zero-order valence-corrected chi connectivity index (χ0v) is 14.5. The third-order valence-corrected chi connectivity index (χ3v) is 4.05. The van der Waals surface area contributed by atoms with E-state index < -0.39 is 0 Å². The van der Waals surface area contributed by atoms with Gasteiger partial charge in [-0.25, -0.2) is 14.4 Å². The molecule has 27 heavy (non-hydrogen) atoms. The monoisotopic (exact) mass is 363 g/mol. The van der Waals surface area contributed by atoms with Crippen molar-refractivity contribution in [2.24, 2.45) is 0 Å². The fraction of sp³-hybridized carbons (Fsp3) is 0.150. The van der Waals surface area contributed by atoms with Gasteiger partial charge in [0.05, 0.1) is 17.4 Å². The van der Waals surface area contributed by atoms with E-state index in [2.05, 4.69) is 30.9 Å². The summed E-state index contributed by atoms with van der Waals surface area (Å²) in [6.45, 7) is 1.56. The minimum Gasteiger partial charge on any atom is -0.439 e. The third-order valence-electron chi connectivity index (χ3n) is 4.05. The topological polar surface area (TPSA) is 64.9 Å². The first-order valence-electron chi connectivity index (χ1n) is 8.68. The van der Waals surface area contributed by atoms with Crippen molar-refractivity contribution in [3.05, 3.63) is 72.9 Å². The van der Waals surface area contributed by atoms with Crippen molar-refractivity contribution in [3.8, 4) is 11.6 Å². The molecule has 1 N–H and O–H groups in total. The predicted octanol–water partition coefficient (Wildman–Crippen LogP) is 4.26. The maximum atomic E-state index is 13.0. The van der Waals surface area contributed by atoms with E-state index in [1.807, 2.05) is 24.5 Å². The van der Waals surface area contributed by atoms with Gasteiger partial charge in [0.1, 0.15) is 11.6 Å². The van der Waals surface area contributed by atoms with Gasteiger partial charge in [0.25, 0.3) is 0 Å². The van der Waals surface area contributed by atoms with Crippen molar-refractivity contribution < 1.29 is 9.13 Å². The first-order chi connectivity index (χ1) is 13.3. The van der Waals surface area contributed by atoms with Crippen LogP contribution in [0.5, 0.6) is 11.6 Å². The van der Waals surface area contributed by atoms with Gasteiger partial charge < -0.3 is 14.6 Å². The van der Waals surface area contributed by atoms with Gasteiger partial charge in [0, 0.05) is 25.4 Å². The third kappa shape index (κ3) is 4.20. The minimum absolute atomic E-state index is 0.307. The number of imidazole rings is 1. The number of ether oxygens (including phenoxy) is 1. The standard InChI is InChI=1S/C20H18FN5O/c21-15-6-8-16(9-7-15)27-19-10-12-23-20(25-19)22-11-3-13-26-14-24-17-4-1-2-5-18(17)26/h1-2,4-10,12,14H,3,11,13H2,(H,22,23,25). The molecule has 0 spiro atoms. The summed E-state index contributed by atoms with van der Waals surface area (Å²) in [5, 5.41) is 3.19. The van der Waals surface area contributed by atoms with Crippen molar-refractivity contribution in [3.63, 3.8) is 0 Å². The van der Waals surface area contributed by atoms with Gasteiger partial charge in [-0.05, 0) is 42.8 Å². The van der Waals surface area contributed by atoms with Crippen molar-refractivity contribution in [2.45, 2.75) is 13.0 Å². The Bertz CT molecular complexity index is 1030. The number of nitrogens with one attached hydrogen (secondary N) is 1. The van der Waals surface area contributed by atoms with Gasteiger partial charge >= 0.3 is 0 Å². The Hall–Kier alpha value is -3.48. The molecule has 0 atom stereocenters. The SMILES string of the molecule is Fc1ccc(Oc2ccnc(NCCCn3cnc4ccccc43)n2)cc1. The van der Waals surface area contributed by atoms with Crippen LogP contribution in [0.1, 0.15) is 6.42 Å². The Morgan fingerprint density at radius 3 is 2.74 bits per heavy atom. The van der Waals surface area contributed by atoms with Crippen molar-refractivity contribution >= 4 is 17.0 Å². The summed E-state index contributed by atoms with van der Waals surface area (Å²) in [6.07, 6.45) is 4.38. The summed E-state index contributed by atoms with van der Waals surface area (Å²) in [5.41, 5.74) is 2.13. The van der Waals surface area contributed by atoms with Crippen LogP contribution in [-0.2, 0) is 6.54 Å². The molecule has 4 aromatic rings. The lowest BCUT2D eigenvalue weighted by Crippen LogP contribution is -2.08. The highest BCUT2D eigenvalue weighted by molar-refractivity contribution is 5.74. The number of halogens is 1. The molecule has 0 aliphatic rings. The molecule has 6 nitrogen and oxygen atoms in total. The molecule has 0 fully saturated rings. The van der Waals surface area contributed by atoms with E-state index in [4.69, 9.17) is 4.74 Å². The fourth-order valence-corrected chi connectivity index (χ4v) is 2.75. The predicted molar refractivity (Wildman–Crippen MR) is 101 cm³/mol. The fourth-order valence-electron chi connectivity index (χ4n) is 2.75. The highest BCUT2D eigenvalue weighted by atomic mass is 19.1. The molecule has 0 aliphatic carbocycles. The van der Waals surface area contributed by atoms with E-state index in [0.717, 1.165) is 24.0 Å². The lowest BCUT2D eigenvalue weighted by Gasteiger charge is -2.08. The Morgan fingerprint density at radius 2 is 1.85 bits per heavy atom. The molecule has 7 heteroatoms. The molecule has 0 unspecified atom stereocenters. The van der Waals surface area contributed by atoms with Crippen molar-refractivity contribution in [2.75, 3.05) is 11.9 Å². The highest BCUT2D eigenvalue weighted by Gasteiger charge is 2.04. The molecular formula is C20H18FN5O. The Balaban J connectivity index is 1.31. The summed E-state index contributed by atoms with van der Waals surface area (Å²) in [5.74, 6) is 1.11. The average molecular weight is 363 g/mol. The zero-order valence-electron chi connectivity index (χ0n) is 14.5. The quantitative estimate of drug-likeness (QED) is 0.497. The number of aryl methyl sites for hydroxylation is 1. The van der Waals surface area contributed by atoms with E-state index in [1.54, 1.807) is 24.4 Å². The van der Waals surface area contributed by atoms with Crippen LogP contribution in [0.4, 0.5) is 10.3 Å². The molecule has 0 radical (unpaired) electrons. The Labute approximate surface area is 155 Å². The van der Waals surface area contributed by atoms with Gasteiger partial charge in [0.2, 0.25) is 11.8 Å². The number of hydrogen-bond acceptors (Lipinski definition) is 5. The van der Waals surface area contributed by atoms with Crippen LogP contribution in [0, 0.1) is 5.82 Å². The number of para-hydroxylation sites is 2. The van der Waals surface area contributed by atoms with Crippen LogP contribution in [0.2, 0.25) is 0 Å². The largest absolute Gasteiger partial charge is 0.439 e. The zero-order chi connectivity index (χ0) is 18.5. The molecule has 0 aliphatic heterocycles. The van der Waals surface area contributed by atoms with E-state index in [-0.39, 0.29) is 5.82 Å². The maximum Gasteiger partial charge on any atom is 0.225 e. The number of rotatable bonds is 7. The van der Waals surface area contributed by atoms with Gasteiger partial charge in [-0.3, -0.25) is 0 Å². The summed E-state index contributed by atoms with van der Waals surface area (Å²) in [7, 11) is 0. The van der Waals surface area contributed by atoms with Crippen LogP contribution in [0.25, 0.3) is 11.0 Å². The minimum atomic E-state index is -0.307. The Kier molecular flexibility index (Phi) is 4.91. The average Bonchev–Trinajstić information content (AvgIpc) is 3.11. The second-order valence-corrected chi connectivity index (χ2v) is 5.98. The molecule has 4 rings (SSSR count). The smallest absolute Gasteiger partial charge is 0.225 e. The molecular weight excluding hydrogens is 345 g/mol. The second-order valence-electron chi connectivity index (χ2n) is 5.98. The number of hydrogen-bond donors (Lipinski definition) is 1. The van der Waals surface area contributed by atoms with E-state index >= 15 is 0 Å². The lowest BCUT2D eigenvalue weighted by molar-refractivity contribution is 0.460. The molecule has 2 aromatic heterocycles. The highest BCUT2D eigenvalue weighted by Crippen LogP contribution is 2.20. The van der Waals surface area contributed by atoms with Gasteiger partial charge in [0.15, 0.2) is 0 Å². The molecule has 0 saturated carbocycles. The van der Waals surface area contributed by atoms with Crippen LogP contribution in [-0.4, -0.2) is 26.1 Å². The second kappa shape index (κ2) is 7.82. The summed E-state index contributed by atoms with van der Waals surface area (Å²) >= 11 is 0. The van der Waals surface area contributed by atoms with E-state index in [1.165, 1.54) is 12.1 Å². The first-order valence-corrected chi connectivity index (χ1v) is 8.68.